The molecule has 0 bridgehead atoms. The molecule has 3 N–H and O–H groups in total. The normalized spacial score (nSPS) is 13.9. The van der Waals surface area contributed by atoms with Crippen LogP contribution in [0.1, 0.15) is 46.7 Å². The molecule has 6 nitrogen and oxygen atoms in total. The highest BCUT2D eigenvalue weighted by Gasteiger charge is 2.28. The lowest BCUT2D eigenvalue weighted by Crippen LogP contribution is -2.35. The van der Waals surface area contributed by atoms with Crippen molar-refractivity contribution in [2.24, 2.45) is 0 Å². The van der Waals surface area contributed by atoms with Gasteiger partial charge in [-0.05, 0) is 67.9 Å². The predicted molar refractivity (Wildman–Crippen MR) is 146 cm³/mol. The number of benzene rings is 2. The number of carbonyl (C=O) groups is 2. The van der Waals surface area contributed by atoms with Crippen LogP contribution in [0.15, 0.2) is 46.9 Å². The van der Waals surface area contributed by atoms with Gasteiger partial charge in [0.15, 0.2) is 0 Å². The van der Waals surface area contributed by atoms with Gasteiger partial charge in [-0.15, -0.1) is 0 Å². The second kappa shape index (κ2) is 10.6. The van der Waals surface area contributed by atoms with Gasteiger partial charge in [-0.2, -0.15) is 0 Å². The number of aromatic nitrogens is 1. The van der Waals surface area contributed by atoms with Gasteiger partial charge in [-0.25, -0.2) is 0 Å². The summed E-state index contributed by atoms with van der Waals surface area (Å²) in [6.07, 6.45) is 1.86. The minimum atomic E-state index is -0.151. The summed E-state index contributed by atoms with van der Waals surface area (Å²) in [5, 5.41) is 6.03. The van der Waals surface area contributed by atoms with Crippen molar-refractivity contribution in [3.63, 3.8) is 0 Å². The molecule has 7 heteroatoms. The van der Waals surface area contributed by atoms with Crippen LogP contribution in [0.5, 0.6) is 0 Å². The van der Waals surface area contributed by atoms with Crippen LogP contribution < -0.4 is 10.6 Å². The molecule has 35 heavy (non-hydrogen) atoms. The number of aryl methyl sites for hydroxylation is 1. The van der Waals surface area contributed by atoms with E-state index in [0.717, 1.165) is 63.4 Å². The van der Waals surface area contributed by atoms with Gasteiger partial charge in [0.2, 0.25) is 0 Å². The minimum Gasteiger partial charge on any atom is -0.358 e. The first-order valence-corrected chi connectivity index (χ1v) is 12.7. The number of aromatic amines is 1. The fraction of sp³-hybridized carbons (Fsp3) is 0.286. The lowest BCUT2D eigenvalue weighted by atomic mass is 9.94. The predicted octanol–water partition coefficient (Wildman–Crippen LogP) is 5.63. The molecule has 0 spiro atoms. The zero-order valence-corrected chi connectivity index (χ0v) is 22.2. The zero-order chi connectivity index (χ0) is 25.1. The van der Waals surface area contributed by atoms with Crippen LogP contribution >= 0.6 is 15.9 Å². The first kappa shape index (κ1) is 24.9. The number of hydrogen-bond donors (Lipinski definition) is 3. The van der Waals surface area contributed by atoms with Crippen LogP contribution in [-0.2, 0) is 4.79 Å². The van der Waals surface area contributed by atoms with E-state index in [1.54, 1.807) is 0 Å². The minimum absolute atomic E-state index is 0.0973. The maximum Gasteiger partial charge on any atom is 0.256 e. The van der Waals surface area contributed by atoms with E-state index in [0.29, 0.717) is 17.7 Å². The maximum absolute atomic E-state index is 13.0. The topological polar surface area (TPSA) is 77.2 Å². The molecule has 0 unspecified atom stereocenters. The van der Waals surface area contributed by atoms with Crippen LogP contribution in [0.25, 0.3) is 22.8 Å². The third-order valence-electron chi connectivity index (χ3n) is 6.58. The fourth-order valence-electron chi connectivity index (χ4n) is 4.62. The first-order chi connectivity index (χ1) is 16.8. The van der Waals surface area contributed by atoms with E-state index in [2.05, 4.69) is 50.3 Å². The number of nitrogens with zero attached hydrogens (tertiary/aromatic N) is 1. The number of halogens is 1. The Kier molecular flexibility index (Phi) is 7.57. The van der Waals surface area contributed by atoms with Crippen molar-refractivity contribution in [1.29, 1.82) is 0 Å². The van der Waals surface area contributed by atoms with Gasteiger partial charge in [-0.3, -0.25) is 9.59 Å². The Hall–Kier alpha value is -3.16. The lowest BCUT2D eigenvalue weighted by Gasteiger charge is -2.18. The highest BCUT2D eigenvalue weighted by Crippen LogP contribution is 2.41. The number of anilines is 1. The van der Waals surface area contributed by atoms with Crippen LogP contribution in [0.4, 0.5) is 5.69 Å². The van der Waals surface area contributed by atoms with E-state index >= 15 is 0 Å². The van der Waals surface area contributed by atoms with Crippen molar-refractivity contribution < 1.29 is 9.59 Å². The van der Waals surface area contributed by atoms with Crippen molar-refractivity contribution in [1.82, 2.24) is 15.2 Å². The van der Waals surface area contributed by atoms with Gasteiger partial charge in [0.1, 0.15) is 0 Å². The number of hydrogen-bond acceptors (Lipinski definition) is 3. The molecule has 1 aromatic heterocycles. The van der Waals surface area contributed by atoms with Crippen molar-refractivity contribution in [3.05, 3.63) is 75.0 Å². The number of rotatable bonds is 8. The monoisotopic (exact) mass is 534 g/mol. The summed E-state index contributed by atoms with van der Waals surface area (Å²) in [6, 6.07) is 13.9. The average Bonchev–Trinajstić information content (AvgIpc) is 3.31. The molecule has 4 rings (SSSR count). The van der Waals surface area contributed by atoms with Crippen LogP contribution in [0.3, 0.4) is 0 Å². The smallest absolute Gasteiger partial charge is 0.256 e. The summed E-state index contributed by atoms with van der Waals surface area (Å²) in [5.41, 5.74) is 7.27. The lowest BCUT2D eigenvalue weighted by molar-refractivity contribution is -0.110. The van der Waals surface area contributed by atoms with E-state index in [-0.39, 0.29) is 11.8 Å². The second-order valence-corrected chi connectivity index (χ2v) is 9.61. The summed E-state index contributed by atoms with van der Waals surface area (Å²) in [5.74, 6) is -0.249. The fourth-order valence-corrected chi connectivity index (χ4v) is 4.88. The third-order valence-corrected chi connectivity index (χ3v) is 7.11. The number of nitrogens with one attached hydrogen (secondary N) is 3. The molecule has 2 heterocycles. The molecular formula is C28H31BrN4O2. The molecule has 0 saturated carbocycles. The van der Waals surface area contributed by atoms with E-state index in [1.165, 1.54) is 0 Å². The summed E-state index contributed by atoms with van der Waals surface area (Å²) in [7, 11) is 0. The van der Waals surface area contributed by atoms with Crippen LogP contribution in [0.2, 0.25) is 0 Å². The molecule has 2 aromatic carbocycles. The summed E-state index contributed by atoms with van der Waals surface area (Å²) < 4.78 is 0.999. The molecule has 1 aliphatic heterocycles. The highest BCUT2D eigenvalue weighted by atomic mass is 79.9. The number of H-pyrrole nitrogens is 1. The molecule has 1 aliphatic rings. The standard InChI is InChI=1S/C28H31BrN4O2/c1-5-33(6-2)15-14-30-28(35)25-17(3)24(31-18(25)4)16-22-26-21(19-10-12-20(29)13-11-19)8-7-9-23(26)32-27(22)34/h7-13,16,31H,5-6,14-15H2,1-4H3,(H,30,35)(H,32,34)/b22-16-. The van der Waals surface area contributed by atoms with E-state index in [4.69, 9.17) is 0 Å². The average molecular weight is 535 g/mol. The molecule has 0 saturated heterocycles. The highest BCUT2D eigenvalue weighted by molar-refractivity contribution is 9.10. The van der Waals surface area contributed by atoms with E-state index < -0.39 is 0 Å². The Balaban J connectivity index is 1.66. The van der Waals surface area contributed by atoms with E-state index in [9.17, 15) is 9.59 Å². The summed E-state index contributed by atoms with van der Waals surface area (Å²) in [4.78, 5) is 31.6. The van der Waals surface area contributed by atoms with Crippen molar-refractivity contribution in [3.8, 4) is 11.1 Å². The Labute approximate surface area is 214 Å². The molecule has 182 valence electrons. The number of amides is 2. The molecular weight excluding hydrogens is 504 g/mol. The van der Waals surface area contributed by atoms with Gasteiger partial charge < -0.3 is 20.5 Å². The Morgan fingerprint density at radius 2 is 1.80 bits per heavy atom. The largest absolute Gasteiger partial charge is 0.358 e. The van der Waals surface area contributed by atoms with Crippen molar-refractivity contribution in [2.45, 2.75) is 27.7 Å². The van der Waals surface area contributed by atoms with Crippen LogP contribution in [-0.4, -0.2) is 47.9 Å². The first-order valence-electron chi connectivity index (χ1n) is 12.0. The molecule has 0 radical (unpaired) electrons. The van der Waals surface area contributed by atoms with Crippen molar-refractivity contribution in [2.75, 3.05) is 31.5 Å². The van der Waals surface area contributed by atoms with Crippen LogP contribution in [0, 0.1) is 13.8 Å². The SMILES string of the molecule is CCN(CC)CCNC(=O)c1c(C)[nH]c(/C=C2\C(=O)Nc3cccc(-c4ccc(Br)cc4)c32)c1C. The Morgan fingerprint density at radius 3 is 2.49 bits per heavy atom. The zero-order valence-electron chi connectivity index (χ0n) is 20.6. The van der Waals surface area contributed by atoms with Gasteiger partial charge in [-0.1, -0.05) is 54.0 Å². The maximum atomic E-state index is 13.0. The quantitative estimate of drug-likeness (QED) is 0.328. The number of carbonyl (C=O) groups excluding carboxylic acids is 2. The van der Waals surface area contributed by atoms with E-state index in [1.807, 2.05) is 62.4 Å². The Bertz CT molecular complexity index is 1290. The summed E-state index contributed by atoms with van der Waals surface area (Å²) >= 11 is 3.49. The van der Waals surface area contributed by atoms with Crippen molar-refractivity contribution >= 4 is 45.1 Å². The molecule has 0 fully saturated rings. The van der Waals surface area contributed by atoms with Gasteiger partial charge in [0.25, 0.3) is 11.8 Å². The third kappa shape index (κ3) is 5.11. The number of likely N-dealkylation sites (N-methyl/N-ethyl adjacent to an activating group) is 1. The Morgan fingerprint density at radius 1 is 1.09 bits per heavy atom. The molecule has 0 aliphatic carbocycles. The molecule has 0 atom stereocenters. The van der Waals surface area contributed by atoms with Gasteiger partial charge in [0.05, 0.1) is 11.1 Å². The van der Waals surface area contributed by atoms with Gasteiger partial charge in [0, 0.05) is 40.2 Å². The van der Waals surface area contributed by atoms with Gasteiger partial charge >= 0.3 is 0 Å². The second-order valence-electron chi connectivity index (χ2n) is 8.69. The summed E-state index contributed by atoms with van der Waals surface area (Å²) in [6.45, 7) is 11.4. The molecule has 2 amide bonds. The molecule has 3 aromatic rings. The number of fused-ring (bicyclic) bond motifs is 1.